The Kier molecular flexibility index (Phi) is 6.18. The fraction of sp³-hybridized carbons (Fsp3) is 0.588. The van der Waals surface area contributed by atoms with Crippen LogP contribution in [-0.2, 0) is 14.8 Å². The number of benzene rings is 1. The molecule has 1 saturated heterocycles. The highest BCUT2D eigenvalue weighted by molar-refractivity contribution is 7.89. The van der Waals surface area contributed by atoms with Crippen molar-refractivity contribution in [2.45, 2.75) is 50.8 Å². The van der Waals surface area contributed by atoms with Crippen LogP contribution in [0.5, 0.6) is 0 Å². The van der Waals surface area contributed by atoms with E-state index in [2.05, 4.69) is 4.72 Å². The molecule has 0 saturated carbocycles. The zero-order chi connectivity index (χ0) is 16.9. The van der Waals surface area contributed by atoms with Crippen molar-refractivity contribution < 1.29 is 13.2 Å². The number of nitrogens with zero attached hydrogens (tertiary/aromatic N) is 1. The third-order valence-corrected chi connectivity index (χ3v) is 5.83. The molecule has 1 aromatic rings. The van der Waals surface area contributed by atoms with Crippen molar-refractivity contribution in [3.8, 4) is 0 Å². The van der Waals surface area contributed by atoms with Crippen molar-refractivity contribution >= 4 is 15.9 Å². The Morgan fingerprint density at radius 2 is 1.78 bits per heavy atom. The number of carbonyl (C=O) groups is 1. The lowest BCUT2D eigenvalue weighted by atomic mass is 10.2. The van der Waals surface area contributed by atoms with E-state index in [9.17, 15) is 13.2 Å². The van der Waals surface area contributed by atoms with Crippen molar-refractivity contribution in [1.29, 1.82) is 0 Å². The Morgan fingerprint density at radius 1 is 1.13 bits per heavy atom. The molecule has 1 aromatic carbocycles. The predicted molar refractivity (Wildman–Crippen MR) is 90.8 cm³/mol. The highest BCUT2D eigenvalue weighted by Crippen LogP contribution is 2.16. The average Bonchev–Trinajstić information content (AvgIpc) is 2.75. The molecule has 1 aliphatic heterocycles. The minimum atomic E-state index is -3.56. The van der Waals surface area contributed by atoms with Crippen molar-refractivity contribution in [1.82, 2.24) is 9.62 Å². The van der Waals surface area contributed by atoms with E-state index in [4.69, 9.17) is 0 Å². The van der Waals surface area contributed by atoms with E-state index in [0.29, 0.717) is 0 Å². The standard InChI is InChI=1S/C17H26N2O3S/c1-14-7-8-16(15(2)13-14)23(21,22)18-10-9-17(20)19-11-5-3-4-6-12-19/h7-8,13,18H,3-6,9-12H2,1-2H3. The summed E-state index contributed by atoms with van der Waals surface area (Å²) < 4.78 is 27.2. The largest absolute Gasteiger partial charge is 0.343 e. The molecule has 1 fully saturated rings. The van der Waals surface area contributed by atoms with Gasteiger partial charge < -0.3 is 4.90 Å². The van der Waals surface area contributed by atoms with E-state index in [0.717, 1.165) is 37.1 Å². The first-order valence-corrected chi connectivity index (χ1v) is 9.73. The topological polar surface area (TPSA) is 66.5 Å². The van der Waals surface area contributed by atoms with E-state index >= 15 is 0 Å². The number of sulfonamides is 1. The van der Waals surface area contributed by atoms with Crippen LogP contribution in [0.15, 0.2) is 23.1 Å². The summed E-state index contributed by atoms with van der Waals surface area (Å²) in [5.74, 6) is 0.0372. The van der Waals surface area contributed by atoms with E-state index in [1.54, 1.807) is 19.1 Å². The van der Waals surface area contributed by atoms with Crippen molar-refractivity contribution in [3.63, 3.8) is 0 Å². The number of likely N-dealkylation sites (tertiary alicyclic amines) is 1. The van der Waals surface area contributed by atoms with Crippen LogP contribution in [0.25, 0.3) is 0 Å². The van der Waals surface area contributed by atoms with Gasteiger partial charge in [-0.05, 0) is 38.3 Å². The minimum Gasteiger partial charge on any atom is -0.343 e. The van der Waals surface area contributed by atoms with Crippen LogP contribution in [0.4, 0.5) is 0 Å². The molecule has 2 rings (SSSR count). The maximum Gasteiger partial charge on any atom is 0.240 e. The Morgan fingerprint density at radius 3 is 2.39 bits per heavy atom. The second-order valence-electron chi connectivity index (χ2n) is 6.21. The summed E-state index contributed by atoms with van der Waals surface area (Å²) in [5.41, 5.74) is 1.74. The molecular weight excluding hydrogens is 312 g/mol. The van der Waals surface area contributed by atoms with Crippen LogP contribution < -0.4 is 4.72 Å². The molecule has 128 valence electrons. The van der Waals surface area contributed by atoms with Gasteiger partial charge in [0, 0.05) is 26.1 Å². The molecule has 1 amide bonds. The van der Waals surface area contributed by atoms with Gasteiger partial charge in [-0.15, -0.1) is 0 Å². The second-order valence-corrected chi connectivity index (χ2v) is 7.95. The van der Waals surface area contributed by atoms with Gasteiger partial charge in [0.25, 0.3) is 0 Å². The summed E-state index contributed by atoms with van der Waals surface area (Å²) in [7, 11) is -3.56. The monoisotopic (exact) mass is 338 g/mol. The molecule has 5 nitrogen and oxygen atoms in total. The molecule has 0 radical (unpaired) electrons. The first kappa shape index (κ1) is 17.9. The summed E-state index contributed by atoms with van der Waals surface area (Å²) in [5, 5.41) is 0. The summed E-state index contributed by atoms with van der Waals surface area (Å²) in [6.45, 7) is 5.44. The first-order chi connectivity index (χ1) is 10.9. The molecule has 0 bridgehead atoms. The maximum atomic E-state index is 12.3. The van der Waals surface area contributed by atoms with Crippen molar-refractivity contribution in [2.24, 2.45) is 0 Å². The predicted octanol–water partition coefficient (Wildman–Crippen LogP) is 2.37. The molecule has 0 unspecified atom stereocenters. The van der Waals surface area contributed by atoms with Crippen molar-refractivity contribution in [3.05, 3.63) is 29.3 Å². The number of nitrogens with one attached hydrogen (secondary N) is 1. The molecule has 0 spiro atoms. The van der Waals surface area contributed by atoms with Gasteiger partial charge in [0.1, 0.15) is 0 Å². The molecule has 23 heavy (non-hydrogen) atoms. The van der Waals surface area contributed by atoms with Gasteiger partial charge in [-0.25, -0.2) is 13.1 Å². The summed E-state index contributed by atoms with van der Waals surface area (Å²) >= 11 is 0. The Balaban J connectivity index is 1.90. The van der Waals surface area contributed by atoms with Crippen LogP contribution in [0, 0.1) is 13.8 Å². The molecule has 6 heteroatoms. The summed E-state index contributed by atoms with van der Waals surface area (Å²) in [6.07, 6.45) is 4.64. The quantitative estimate of drug-likeness (QED) is 0.896. The molecule has 0 aromatic heterocycles. The van der Waals surface area contributed by atoms with Gasteiger partial charge in [-0.3, -0.25) is 4.79 Å². The fourth-order valence-corrected chi connectivity index (χ4v) is 4.21. The molecular formula is C17H26N2O3S. The van der Waals surface area contributed by atoms with E-state index < -0.39 is 10.0 Å². The zero-order valence-electron chi connectivity index (χ0n) is 14.0. The Labute approximate surface area is 139 Å². The van der Waals surface area contributed by atoms with Gasteiger partial charge >= 0.3 is 0 Å². The number of hydrogen-bond donors (Lipinski definition) is 1. The summed E-state index contributed by atoms with van der Waals surface area (Å²) in [4.78, 5) is 14.3. The van der Waals surface area contributed by atoms with E-state index in [1.165, 1.54) is 12.8 Å². The van der Waals surface area contributed by atoms with Crippen LogP contribution in [0.1, 0.15) is 43.2 Å². The minimum absolute atomic E-state index is 0.0372. The lowest BCUT2D eigenvalue weighted by Gasteiger charge is -2.20. The number of hydrogen-bond acceptors (Lipinski definition) is 3. The Bertz CT molecular complexity index is 648. The molecule has 1 heterocycles. The summed E-state index contributed by atoms with van der Waals surface area (Å²) in [6, 6.07) is 5.24. The normalized spacial score (nSPS) is 16.2. The van der Waals surface area contributed by atoms with Gasteiger partial charge in [0.05, 0.1) is 4.90 Å². The van der Waals surface area contributed by atoms with Crippen LogP contribution in [0.3, 0.4) is 0 Å². The molecule has 0 aliphatic carbocycles. The third kappa shape index (κ3) is 5.04. The van der Waals surface area contributed by atoms with Crippen molar-refractivity contribution in [2.75, 3.05) is 19.6 Å². The third-order valence-electron chi connectivity index (χ3n) is 4.21. The van der Waals surface area contributed by atoms with Crippen LogP contribution in [0.2, 0.25) is 0 Å². The van der Waals surface area contributed by atoms with Gasteiger partial charge in [0.15, 0.2) is 0 Å². The Hall–Kier alpha value is -1.40. The highest BCUT2D eigenvalue weighted by Gasteiger charge is 2.19. The smallest absolute Gasteiger partial charge is 0.240 e. The van der Waals surface area contributed by atoms with Gasteiger partial charge in [0.2, 0.25) is 15.9 Å². The highest BCUT2D eigenvalue weighted by atomic mass is 32.2. The maximum absolute atomic E-state index is 12.3. The van der Waals surface area contributed by atoms with Gasteiger partial charge in [-0.1, -0.05) is 30.5 Å². The van der Waals surface area contributed by atoms with E-state index in [-0.39, 0.29) is 23.8 Å². The van der Waals surface area contributed by atoms with Crippen LogP contribution >= 0.6 is 0 Å². The lowest BCUT2D eigenvalue weighted by molar-refractivity contribution is -0.130. The number of aryl methyl sites for hydroxylation is 2. The number of rotatable bonds is 5. The second kappa shape index (κ2) is 7.93. The molecule has 0 atom stereocenters. The number of amides is 1. The SMILES string of the molecule is Cc1ccc(S(=O)(=O)NCCC(=O)N2CCCCCC2)c(C)c1. The molecule has 1 N–H and O–H groups in total. The van der Waals surface area contributed by atoms with Gasteiger partial charge in [-0.2, -0.15) is 0 Å². The lowest BCUT2D eigenvalue weighted by Crippen LogP contribution is -2.35. The number of carbonyl (C=O) groups excluding carboxylic acids is 1. The van der Waals surface area contributed by atoms with E-state index in [1.807, 2.05) is 17.9 Å². The first-order valence-electron chi connectivity index (χ1n) is 8.25. The average molecular weight is 338 g/mol. The zero-order valence-corrected chi connectivity index (χ0v) is 14.8. The van der Waals surface area contributed by atoms with Crippen LogP contribution in [-0.4, -0.2) is 38.9 Å². The fourth-order valence-electron chi connectivity index (χ4n) is 2.95. The molecule has 1 aliphatic rings.